The summed E-state index contributed by atoms with van der Waals surface area (Å²) >= 11 is 0. The first kappa shape index (κ1) is 23.1. The van der Waals surface area contributed by atoms with Gasteiger partial charge in [0, 0.05) is 33.9 Å². The van der Waals surface area contributed by atoms with Crippen molar-refractivity contribution in [2.24, 2.45) is 0 Å². The van der Waals surface area contributed by atoms with Crippen LogP contribution < -0.4 is 10.2 Å². The van der Waals surface area contributed by atoms with Crippen molar-refractivity contribution in [3.05, 3.63) is 138 Å². The van der Waals surface area contributed by atoms with Gasteiger partial charge in [-0.25, -0.2) is 0 Å². The number of anilines is 5. The molecule has 1 N–H and O–H groups in total. The topological polar surface area (TPSA) is 15.3 Å². The summed E-state index contributed by atoms with van der Waals surface area (Å²) in [4.78, 5) is 2.36. The lowest BCUT2D eigenvalue weighted by Crippen LogP contribution is -2.16. The zero-order valence-corrected chi connectivity index (χ0v) is 21.9. The van der Waals surface area contributed by atoms with Crippen molar-refractivity contribution in [2.75, 3.05) is 10.2 Å². The van der Waals surface area contributed by atoms with Crippen molar-refractivity contribution < 1.29 is 0 Å². The first-order valence-corrected chi connectivity index (χ1v) is 13.0. The SMILES string of the molecule is Cc1ccc(Nc2ccc(N(c3ccc(C)cc3)c3ccc4c(c3)C(C)(C)c3ccccc3-4)cc2)cc1. The van der Waals surface area contributed by atoms with Crippen LogP contribution >= 0.6 is 0 Å². The Hall–Kier alpha value is -4.30. The Bertz CT molecular complexity index is 1560. The molecule has 2 nitrogen and oxygen atoms in total. The molecule has 0 radical (unpaired) electrons. The van der Waals surface area contributed by atoms with Gasteiger partial charge in [-0.15, -0.1) is 0 Å². The molecule has 1 aliphatic rings. The second kappa shape index (κ2) is 8.97. The molecule has 0 saturated carbocycles. The van der Waals surface area contributed by atoms with E-state index in [4.69, 9.17) is 0 Å². The summed E-state index contributed by atoms with van der Waals surface area (Å²) in [6.45, 7) is 8.91. The molecule has 0 aliphatic heterocycles. The van der Waals surface area contributed by atoms with Crippen LogP contribution in [0.2, 0.25) is 0 Å². The standard InChI is InChI=1S/C35H32N2/c1-24-9-13-26(14-10-24)36-27-15-19-29(20-16-27)37(28-17-11-25(2)12-18-28)30-21-22-32-31-7-5-6-8-33(31)35(3,4)34(32)23-30/h5-23,36H,1-4H3. The van der Waals surface area contributed by atoms with Gasteiger partial charge in [0.15, 0.2) is 0 Å². The van der Waals surface area contributed by atoms with Gasteiger partial charge in [-0.1, -0.05) is 79.6 Å². The third kappa shape index (κ3) is 4.19. The van der Waals surface area contributed by atoms with E-state index in [9.17, 15) is 0 Å². The Morgan fingerprint density at radius 3 is 1.65 bits per heavy atom. The molecule has 0 saturated heterocycles. The molecular weight excluding hydrogens is 448 g/mol. The molecule has 0 heterocycles. The van der Waals surface area contributed by atoms with E-state index >= 15 is 0 Å². The van der Waals surface area contributed by atoms with Crippen LogP contribution in [0.1, 0.15) is 36.1 Å². The first-order chi connectivity index (χ1) is 17.9. The van der Waals surface area contributed by atoms with Crippen LogP contribution in [0.4, 0.5) is 28.4 Å². The van der Waals surface area contributed by atoms with Crippen molar-refractivity contribution in [1.82, 2.24) is 0 Å². The predicted molar refractivity (Wildman–Crippen MR) is 158 cm³/mol. The maximum absolute atomic E-state index is 3.52. The van der Waals surface area contributed by atoms with E-state index in [2.05, 4.69) is 153 Å². The Balaban J connectivity index is 1.40. The van der Waals surface area contributed by atoms with Gasteiger partial charge >= 0.3 is 0 Å². The Morgan fingerprint density at radius 1 is 0.514 bits per heavy atom. The van der Waals surface area contributed by atoms with Crippen molar-refractivity contribution in [1.29, 1.82) is 0 Å². The van der Waals surface area contributed by atoms with Gasteiger partial charge in [-0.3, -0.25) is 0 Å². The molecular formula is C35H32N2. The number of benzene rings is 5. The lowest BCUT2D eigenvalue weighted by Gasteiger charge is -2.28. The van der Waals surface area contributed by atoms with Gasteiger partial charge in [0.25, 0.3) is 0 Å². The minimum absolute atomic E-state index is 0.0390. The number of nitrogens with zero attached hydrogens (tertiary/aromatic N) is 1. The predicted octanol–water partition coefficient (Wildman–Crippen LogP) is 9.82. The van der Waals surface area contributed by atoms with Crippen LogP contribution in [-0.2, 0) is 5.41 Å². The largest absolute Gasteiger partial charge is 0.356 e. The lowest BCUT2D eigenvalue weighted by molar-refractivity contribution is 0.660. The summed E-state index contributed by atoms with van der Waals surface area (Å²) in [5.41, 5.74) is 13.6. The Kier molecular flexibility index (Phi) is 5.61. The summed E-state index contributed by atoms with van der Waals surface area (Å²) in [5.74, 6) is 0. The average molecular weight is 481 g/mol. The van der Waals surface area contributed by atoms with Crippen molar-refractivity contribution in [3.8, 4) is 11.1 Å². The monoisotopic (exact) mass is 480 g/mol. The number of nitrogens with one attached hydrogen (secondary N) is 1. The van der Waals surface area contributed by atoms with Gasteiger partial charge in [-0.2, -0.15) is 0 Å². The van der Waals surface area contributed by atoms with Crippen LogP contribution in [0.15, 0.2) is 115 Å². The van der Waals surface area contributed by atoms with Gasteiger partial charge in [0.2, 0.25) is 0 Å². The average Bonchev–Trinajstić information content (AvgIpc) is 3.14. The maximum atomic E-state index is 3.52. The van der Waals surface area contributed by atoms with E-state index in [0.29, 0.717) is 0 Å². The summed E-state index contributed by atoms with van der Waals surface area (Å²) in [6.07, 6.45) is 0. The molecule has 0 aromatic heterocycles. The van der Waals surface area contributed by atoms with E-state index < -0.39 is 0 Å². The quantitative estimate of drug-likeness (QED) is 0.269. The van der Waals surface area contributed by atoms with Crippen LogP contribution in [0.5, 0.6) is 0 Å². The zero-order valence-electron chi connectivity index (χ0n) is 21.9. The molecule has 1 aliphatic carbocycles. The number of fused-ring (bicyclic) bond motifs is 3. The number of rotatable bonds is 5. The van der Waals surface area contributed by atoms with Crippen molar-refractivity contribution in [2.45, 2.75) is 33.1 Å². The molecule has 0 amide bonds. The smallest absolute Gasteiger partial charge is 0.0465 e. The minimum Gasteiger partial charge on any atom is -0.356 e. The number of hydrogen-bond acceptors (Lipinski definition) is 2. The molecule has 5 aromatic rings. The second-order valence-electron chi connectivity index (χ2n) is 10.6. The molecule has 0 fully saturated rings. The third-order valence-electron chi connectivity index (χ3n) is 7.58. The van der Waals surface area contributed by atoms with E-state index in [1.165, 1.54) is 39.1 Å². The fourth-order valence-electron chi connectivity index (χ4n) is 5.47. The minimum atomic E-state index is -0.0390. The molecule has 37 heavy (non-hydrogen) atoms. The van der Waals surface area contributed by atoms with Crippen LogP contribution in [0.25, 0.3) is 11.1 Å². The summed E-state index contributed by atoms with van der Waals surface area (Å²) in [7, 11) is 0. The zero-order chi connectivity index (χ0) is 25.6. The molecule has 0 spiro atoms. The van der Waals surface area contributed by atoms with Gasteiger partial charge in [0.1, 0.15) is 0 Å². The van der Waals surface area contributed by atoms with Crippen LogP contribution in [0, 0.1) is 13.8 Å². The second-order valence-corrected chi connectivity index (χ2v) is 10.6. The van der Waals surface area contributed by atoms with Gasteiger partial charge in [0.05, 0.1) is 0 Å². The fourth-order valence-corrected chi connectivity index (χ4v) is 5.47. The molecule has 5 aromatic carbocycles. The van der Waals surface area contributed by atoms with E-state index in [1.807, 2.05) is 0 Å². The highest BCUT2D eigenvalue weighted by atomic mass is 15.1. The Labute approximate surface area is 220 Å². The van der Waals surface area contributed by atoms with E-state index in [1.54, 1.807) is 0 Å². The fraction of sp³-hybridized carbons (Fsp3) is 0.143. The highest BCUT2D eigenvalue weighted by Crippen LogP contribution is 2.50. The van der Waals surface area contributed by atoms with E-state index in [-0.39, 0.29) is 5.41 Å². The lowest BCUT2D eigenvalue weighted by atomic mass is 9.82. The van der Waals surface area contributed by atoms with Gasteiger partial charge < -0.3 is 10.2 Å². The molecule has 0 unspecified atom stereocenters. The van der Waals surface area contributed by atoms with Gasteiger partial charge in [-0.05, 0) is 96.8 Å². The molecule has 6 rings (SSSR count). The molecule has 0 atom stereocenters. The molecule has 2 heteroatoms. The first-order valence-electron chi connectivity index (χ1n) is 13.0. The summed E-state index contributed by atoms with van der Waals surface area (Å²) in [5, 5.41) is 3.52. The molecule has 0 bridgehead atoms. The van der Waals surface area contributed by atoms with Crippen molar-refractivity contribution in [3.63, 3.8) is 0 Å². The normalized spacial score (nSPS) is 13.1. The highest BCUT2D eigenvalue weighted by Gasteiger charge is 2.35. The maximum Gasteiger partial charge on any atom is 0.0465 e. The van der Waals surface area contributed by atoms with Crippen molar-refractivity contribution >= 4 is 28.4 Å². The Morgan fingerprint density at radius 2 is 1.00 bits per heavy atom. The summed E-state index contributed by atoms with van der Waals surface area (Å²) in [6, 6.07) is 41.7. The third-order valence-corrected chi connectivity index (χ3v) is 7.58. The highest BCUT2D eigenvalue weighted by molar-refractivity contribution is 5.85. The number of hydrogen-bond donors (Lipinski definition) is 1. The van der Waals surface area contributed by atoms with E-state index in [0.717, 1.165) is 22.7 Å². The molecule has 182 valence electrons. The number of aryl methyl sites for hydroxylation is 2. The van der Waals surface area contributed by atoms with Crippen LogP contribution in [0.3, 0.4) is 0 Å². The van der Waals surface area contributed by atoms with Crippen LogP contribution in [-0.4, -0.2) is 0 Å². The summed E-state index contributed by atoms with van der Waals surface area (Å²) < 4.78 is 0.